The molecule has 196 valence electrons. The van der Waals surface area contributed by atoms with Crippen molar-refractivity contribution in [2.45, 2.75) is 64.6 Å². The molecule has 0 spiro atoms. The maximum atomic E-state index is 13.7. The molecule has 1 atom stereocenters. The van der Waals surface area contributed by atoms with Gasteiger partial charge in [-0.15, -0.1) is 0 Å². The van der Waals surface area contributed by atoms with Crippen molar-refractivity contribution in [3.63, 3.8) is 0 Å². The van der Waals surface area contributed by atoms with Gasteiger partial charge in [0, 0.05) is 12.6 Å². The molecule has 0 radical (unpaired) electrons. The van der Waals surface area contributed by atoms with Crippen LogP contribution in [0.4, 0.5) is 5.69 Å². The largest absolute Gasteiger partial charge is 0.352 e. The number of amides is 2. The lowest BCUT2D eigenvalue weighted by Crippen LogP contribution is -2.53. The van der Waals surface area contributed by atoms with E-state index in [9.17, 15) is 18.0 Å². The third-order valence-corrected chi connectivity index (χ3v) is 8.38. The Labute approximate surface area is 223 Å². The summed E-state index contributed by atoms with van der Waals surface area (Å²) in [5.74, 6) is -0.766. The number of halogens is 2. The number of hydrogen-bond acceptors (Lipinski definition) is 4. The second-order valence-corrected chi connectivity index (χ2v) is 12.1. The molecule has 0 aromatic heterocycles. The van der Waals surface area contributed by atoms with Crippen molar-refractivity contribution in [2.24, 2.45) is 0 Å². The van der Waals surface area contributed by atoms with Crippen molar-refractivity contribution in [1.82, 2.24) is 10.2 Å². The molecule has 1 N–H and O–H groups in total. The zero-order valence-electron chi connectivity index (χ0n) is 20.8. The number of hydrogen-bond donors (Lipinski definition) is 1. The summed E-state index contributed by atoms with van der Waals surface area (Å²) in [5, 5.41) is 3.78. The van der Waals surface area contributed by atoms with Gasteiger partial charge < -0.3 is 10.2 Å². The molecule has 36 heavy (non-hydrogen) atoms. The first kappa shape index (κ1) is 28.3. The van der Waals surface area contributed by atoms with Crippen LogP contribution in [0, 0.1) is 6.92 Å². The minimum atomic E-state index is -3.78. The molecule has 3 rings (SSSR count). The minimum absolute atomic E-state index is 0.0698. The topological polar surface area (TPSA) is 86.8 Å². The summed E-state index contributed by atoms with van der Waals surface area (Å²) >= 11 is 12.2. The highest BCUT2D eigenvalue weighted by Crippen LogP contribution is 2.26. The van der Waals surface area contributed by atoms with Gasteiger partial charge in [0.1, 0.15) is 12.6 Å². The third kappa shape index (κ3) is 7.37. The van der Waals surface area contributed by atoms with Crippen molar-refractivity contribution >= 4 is 50.7 Å². The van der Waals surface area contributed by atoms with Crippen LogP contribution in [-0.2, 0) is 26.2 Å². The number of nitrogens with one attached hydrogen (secondary N) is 1. The zero-order chi connectivity index (χ0) is 26.5. The lowest BCUT2D eigenvalue weighted by molar-refractivity contribution is -0.139. The molecule has 0 bridgehead atoms. The van der Waals surface area contributed by atoms with Gasteiger partial charge in [0.25, 0.3) is 0 Å². The van der Waals surface area contributed by atoms with E-state index in [1.165, 1.54) is 4.90 Å². The lowest BCUT2D eigenvalue weighted by atomic mass is 9.95. The monoisotopic (exact) mass is 553 g/mol. The Balaban J connectivity index is 1.90. The molecule has 1 saturated carbocycles. The summed E-state index contributed by atoms with van der Waals surface area (Å²) in [6.45, 7) is 3.07. The molecule has 7 nitrogen and oxygen atoms in total. The molecule has 2 aromatic rings. The van der Waals surface area contributed by atoms with Gasteiger partial charge in [-0.2, -0.15) is 0 Å². The van der Waals surface area contributed by atoms with Crippen LogP contribution >= 0.6 is 23.2 Å². The molecular weight excluding hydrogens is 521 g/mol. The number of aryl methyl sites for hydroxylation is 1. The molecule has 1 aliphatic rings. The van der Waals surface area contributed by atoms with Crippen LogP contribution in [0.5, 0.6) is 0 Å². The third-order valence-electron chi connectivity index (χ3n) is 6.52. The fourth-order valence-corrected chi connectivity index (χ4v) is 5.65. The molecule has 0 saturated heterocycles. The molecule has 0 heterocycles. The summed E-state index contributed by atoms with van der Waals surface area (Å²) in [4.78, 5) is 28.2. The number of benzene rings is 2. The SMILES string of the molecule is Cc1ccccc1N(CC(=O)N(Cc1ccc(Cl)c(Cl)c1)[C@H](C)C(=O)NC1CCCCC1)S(C)(=O)=O. The van der Waals surface area contributed by atoms with E-state index in [2.05, 4.69) is 5.32 Å². The number of carbonyl (C=O) groups is 2. The van der Waals surface area contributed by atoms with Gasteiger partial charge in [0.15, 0.2) is 0 Å². The summed E-state index contributed by atoms with van der Waals surface area (Å²) in [7, 11) is -3.78. The lowest BCUT2D eigenvalue weighted by Gasteiger charge is -2.33. The van der Waals surface area contributed by atoms with Crippen LogP contribution in [-0.4, -0.2) is 50.0 Å². The molecule has 2 amide bonds. The Morgan fingerprint density at radius 1 is 1.06 bits per heavy atom. The highest BCUT2D eigenvalue weighted by Gasteiger charge is 2.31. The molecule has 0 unspecified atom stereocenters. The number of rotatable bonds is 9. The first-order chi connectivity index (χ1) is 17.0. The van der Waals surface area contributed by atoms with E-state index in [0.29, 0.717) is 21.3 Å². The van der Waals surface area contributed by atoms with Gasteiger partial charge in [-0.05, 0) is 56.0 Å². The van der Waals surface area contributed by atoms with Crippen LogP contribution < -0.4 is 9.62 Å². The van der Waals surface area contributed by atoms with Crippen LogP contribution in [0.3, 0.4) is 0 Å². The predicted octanol–water partition coefficient (Wildman–Crippen LogP) is 4.93. The fraction of sp³-hybridized carbons (Fsp3) is 0.462. The number of carbonyl (C=O) groups excluding carboxylic acids is 2. The maximum absolute atomic E-state index is 13.7. The van der Waals surface area contributed by atoms with Gasteiger partial charge in [-0.1, -0.05) is 66.7 Å². The highest BCUT2D eigenvalue weighted by atomic mass is 35.5. The fourth-order valence-electron chi connectivity index (χ4n) is 4.42. The summed E-state index contributed by atoms with van der Waals surface area (Å²) < 4.78 is 26.5. The van der Waals surface area contributed by atoms with Gasteiger partial charge in [0.05, 0.1) is 22.0 Å². The van der Waals surface area contributed by atoms with Crippen LogP contribution in [0.2, 0.25) is 10.0 Å². The Bertz CT molecular complexity index is 1200. The molecular formula is C26H33Cl2N3O4S. The van der Waals surface area contributed by atoms with E-state index >= 15 is 0 Å². The van der Waals surface area contributed by atoms with Gasteiger partial charge in [0.2, 0.25) is 21.8 Å². The number of para-hydroxylation sites is 1. The number of anilines is 1. The van der Waals surface area contributed by atoms with Crippen LogP contribution in [0.1, 0.15) is 50.2 Å². The second-order valence-electron chi connectivity index (χ2n) is 9.35. The maximum Gasteiger partial charge on any atom is 0.244 e. The smallest absolute Gasteiger partial charge is 0.244 e. The van der Waals surface area contributed by atoms with Crippen LogP contribution in [0.25, 0.3) is 0 Å². The Kier molecular flexibility index (Phi) is 9.66. The molecule has 1 aliphatic carbocycles. The van der Waals surface area contributed by atoms with Gasteiger partial charge in [-0.3, -0.25) is 13.9 Å². The normalized spacial score (nSPS) is 15.2. The number of sulfonamides is 1. The van der Waals surface area contributed by atoms with E-state index in [-0.39, 0.29) is 18.5 Å². The van der Waals surface area contributed by atoms with E-state index in [0.717, 1.165) is 48.2 Å². The van der Waals surface area contributed by atoms with E-state index < -0.39 is 28.5 Å². The standard InChI is InChI=1S/C26H33Cl2N3O4S/c1-18-9-7-8-12-24(18)31(36(3,34)35)17-25(32)30(16-20-13-14-22(27)23(28)15-20)19(2)26(33)29-21-10-5-4-6-11-21/h7-9,12-15,19,21H,4-6,10-11,16-17H2,1-3H3,(H,29,33)/t19-/m1/s1. The van der Waals surface area contributed by atoms with E-state index in [1.54, 1.807) is 56.3 Å². The zero-order valence-corrected chi connectivity index (χ0v) is 23.2. The molecule has 2 aromatic carbocycles. The molecule has 0 aliphatic heterocycles. The molecule has 10 heteroatoms. The first-order valence-electron chi connectivity index (χ1n) is 12.0. The van der Waals surface area contributed by atoms with Gasteiger partial charge in [-0.25, -0.2) is 8.42 Å². The first-order valence-corrected chi connectivity index (χ1v) is 14.6. The van der Waals surface area contributed by atoms with Crippen molar-refractivity contribution in [2.75, 3.05) is 17.1 Å². The van der Waals surface area contributed by atoms with Crippen molar-refractivity contribution in [1.29, 1.82) is 0 Å². The average molecular weight is 555 g/mol. The predicted molar refractivity (Wildman–Crippen MR) is 145 cm³/mol. The van der Waals surface area contributed by atoms with E-state index in [1.807, 2.05) is 0 Å². The van der Waals surface area contributed by atoms with Gasteiger partial charge >= 0.3 is 0 Å². The van der Waals surface area contributed by atoms with Crippen LogP contribution in [0.15, 0.2) is 42.5 Å². The number of nitrogens with zero attached hydrogens (tertiary/aromatic N) is 2. The Hall–Kier alpha value is -2.29. The summed E-state index contributed by atoms with van der Waals surface area (Å²) in [6, 6.07) is 11.2. The minimum Gasteiger partial charge on any atom is -0.352 e. The Morgan fingerprint density at radius 2 is 1.72 bits per heavy atom. The summed E-state index contributed by atoms with van der Waals surface area (Å²) in [6.07, 6.45) is 6.16. The van der Waals surface area contributed by atoms with Crippen molar-refractivity contribution in [3.05, 3.63) is 63.6 Å². The Morgan fingerprint density at radius 3 is 2.33 bits per heavy atom. The second kappa shape index (κ2) is 12.3. The highest BCUT2D eigenvalue weighted by molar-refractivity contribution is 7.92. The van der Waals surface area contributed by atoms with E-state index in [4.69, 9.17) is 23.2 Å². The quantitative estimate of drug-likeness (QED) is 0.476. The molecule has 1 fully saturated rings. The van der Waals surface area contributed by atoms with Crippen molar-refractivity contribution in [3.8, 4) is 0 Å². The summed E-state index contributed by atoms with van der Waals surface area (Å²) in [5.41, 5.74) is 1.81. The average Bonchev–Trinajstić information content (AvgIpc) is 2.83. The van der Waals surface area contributed by atoms with Crippen molar-refractivity contribution < 1.29 is 18.0 Å².